The molecule has 0 bridgehead atoms. The summed E-state index contributed by atoms with van der Waals surface area (Å²) < 4.78 is 18.7. The summed E-state index contributed by atoms with van der Waals surface area (Å²) in [5.74, 6) is -1.01. The molecule has 3 heterocycles. The van der Waals surface area contributed by atoms with Crippen molar-refractivity contribution in [1.29, 1.82) is 0 Å². The molecule has 0 radical (unpaired) electrons. The van der Waals surface area contributed by atoms with Gasteiger partial charge in [0.1, 0.15) is 22.6 Å². The Morgan fingerprint density at radius 3 is 2.57 bits per heavy atom. The van der Waals surface area contributed by atoms with Gasteiger partial charge < -0.3 is 18.8 Å². The Kier molecular flexibility index (Phi) is 7.02. The molecule has 0 aliphatic carbocycles. The number of ether oxygens (including phenoxy) is 3. The number of benzene rings is 1. The topological polar surface area (TPSA) is 113 Å². The lowest BCUT2D eigenvalue weighted by molar-refractivity contribution is 0.0523. The van der Waals surface area contributed by atoms with E-state index in [0.29, 0.717) is 11.4 Å². The summed E-state index contributed by atoms with van der Waals surface area (Å²) in [6.45, 7) is 2.16. The molecule has 0 N–H and O–H groups in total. The van der Waals surface area contributed by atoms with Crippen LogP contribution in [0.3, 0.4) is 0 Å². The van der Waals surface area contributed by atoms with Crippen molar-refractivity contribution >= 4 is 28.6 Å². The zero-order chi connectivity index (χ0) is 24.9. The third-order valence-corrected chi connectivity index (χ3v) is 5.35. The molecule has 1 aromatic carbocycles. The fourth-order valence-corrected chi connectivity index (χ4v) is 3.73. The van der Waals surface area contributed by atoms with E-state index in [4.69, 9.17) is 14.2 Å². The molecule has 4 rings (SSSR count). The predicted octanol–water partition coefficient (Wildman–Crippen LogP) is 2.22. The molecule has 0 fully saturated rings. The first-order valence-corrected chi connectivity index (χ1v) is 10.9. The van der Waals surface area contributed by atoms with Crippen molar-refractivity contribution in [2.24, 2.45) is 4.99 Å². The summed E-state index contributed by atoms with van der Waals surface area (Å²) in [7, 11) is 2.97. The lowest BCUT2D eigenvalue weighted by Crippen LogP contribution is -2.33. The van der Waals surface area contributed by atoms with Gasteiger partial charge in [-0.25, -0.2) is 9.78 Å². The van der Waals surface area contributed by atoms with E-state index >= 15 is 0 Å². The average molecular weight is 476 g/mol. The Balaban J connectivity index is 2.12. The molecule has 0 saturated heterocycles. The van der Waals surface area contributed by atoms with Gasteiger partial charge in [-0.05, 0) is 37.3 Å². The van der Waals surface area contributed by atoms with E-state index in [2.05, 4.69) is 9.98 Å². The minimum atomic E-state index is -0.718. The zero-order valence-electron chi connectivity index (χ0n) is 19.6. The van der Waals surface area contributed by atoms with Crippen LogP contribution in [0.2, 0.25) is 0 Å². The fraction of sp³-hybridized carbons (Fsp3) is 0.240. The van der Waals surface area contributed by atoms with Crippen molar-refractivity contribution in [1.82, 2.24) is 14.0 Å². The number of methoxy groups -OCH3 is 2. The molecular formula is C25H24N4O6. The molecule has 3 aromatic heterocycles. The molecule has 0 spiro atoms. The third-order valence-electron chi connectivity index (χ3n) is 5.35. The molecule has 0 atom stereocenters. The molecule has 4 aromatic rings. The summed E-state index contributed by atoms with van der Waals surface area (Å²) >= 11 is 0. The van der Waals surface area contributed by atoms with Crippen LogP contribution in [-0.4, -0.2) is 53.3 Å². The molecule has 1 amide bonds. The van der Waals surface area contributed by atoms with Gasteiger partial charge in [0.2, 0.25) is 0 Å². The zero-order valence-corrected chi connectivity index (χ0v) is 19.6. The monoisotopic (exact) mass is 476 g/mol. The molecule has 0 aliphatic rings. The highest BCUT2D eigenvalue weighted by molar-refractivity contribution is 5.99. The van der Waals surface area contributed by atoms with Gasteiger partial charge in [0.05, 0.1) is 31.3 Å². The largest absolute Gasteiger partial charge is 0.496 e. The van der Waals surface area contributed by atoms with Gasteiger partial charge in [0.15, 0.2) is 5.49 Å². The lowest BCUT2D eigenvalue weighted by atomic mass is 10.2. The summed E-state index contributed by atoms with van der Waals surface area (Å²) in [6, 6.07) is 13.2. The molecule has 10 nitrogen and oxygen atoms in total. The van der Waals surface area contributed by atoms with Crippen molar-refractivity contribution in [3.8, 4) is 5.75 Å². The molecule has 0 unspecified atom stereocenters. The van der Waals surface area contributed by atoms with Gasteiger partial charge >= 0.3 is 5.97 Å². The first-order chi connectivity index (χ1) is 17.0. The number of rotatable bonds is 7. The van der Waals surface area contributed by atoms with E-state index in [-0.39, 0.29) is 53.0 Å². The van der Waals surface area contributed by atoms with Crippen molar-refractivity contribution < 1.29 is 23.8 Å². The number of fused-ring (bicyclic) bond motifs is 2. The van der Waals surface area contributed by atoms with Crippen molar-refractivity contribution in [3.63, 3.8) is 0 Å². The lowest BCUT2D eigenvalue weighted by Gasteiger charge is -2.15. The minimum absolute atomic E-state index is 0.0103. The van der Waals surface area contributed by atoms with E-state index < -0.39 is 11.9 Å². The molecular weight excluding hydrogens is 452 g/mol. The van der Waals surface area contributed by atoms with Gasteiger partial charge in [-0.1, -0.05) is 18.2 Å². The maximum absolute atomic E-state index is 13.3. The number of hydrogen-bond donors (Lipinski definition) is 0. The number of amides is 1. The SMILES string of the molecule is CCOC(=O)c1cc2c(=O)n3ccccc3nc2n(CCOC)c1=NC(=O)c1ccccc1OC. The van der Waals surface area contributed by atoms with Crippen LogP contribution in [0.1, 0.15) is 27.6 Å². The molecule has 0 saturated carbocycles. The van der Waals surface area contributed by atoms with Gasteiger partial charge in [-0.2, -0.15) is 4.99 Å². The highest BCUT2D eigenvalue weighted by atomic mass is 16.5. The van der Waals surface area contributed by atoms with Crippen LogP contribution < -0.4 is 15.8 Å². The van der Waals surface area contributed by atoms with E-state index in [9.17, 15) is 14.4 Å². The van der Waals surface area contributed by atoms with Crippen LogP contribution in [0.4, 0.5) is 0 Å². The Morgan fingerprint density at radius 2 is 1.83 bits per heavy atom. The van der Waals surface area contributed by atoms with Crippen LogP contribution in [-0.2, 0) is 16.0 Å². The maximum atomic E-state index is 13.3. The summed E-state index contributed by atoms with van der Waals surface area (Å²) in [5, 5.41) is 0.177. The summed E-state index contributed by atoms with van der Waals surface area (Å²) in [6.07, 6.45) is 1.59. The van der Waals surface area contributed by atoms with Gasteiger partial charge in [-0.3, -0.25) is 14.0 Å². The first-order valence-electron chi connectivity index (χ1n) is 10.9. The molecule has 10 heteroatoms. The molecule has 180 valence electrons. The van der Waals surface area contributed by atoms with Crippen LogP contribution in [0.5, 0.6) is 5.75 Å². The second-order valence-corrected chi connectivity index (χ2v) is 7.45. The number of carbonyl (C=O) groups is 2. The standard InChI is InChI=1S/C25H24N4O6/c1-4-35-25(32)18-15-17-21(26-20-11-7-8-12-28(20)24(17)31)29(13-14-33-2)22(18)27-23(30)16-9-5-6-10-19(16)34-3/h5-12,15H,4,13-14H2,1-3H3. The predicted molar refractivity (Wildman–Crippen MR) is 128 cm³/mol. The van der Waals surface area contributed by atoms with Crippen LogP contribution in [0, 0.1) is 0 Å². The first kappa shape index (κ1) is 23.8. The third kappa shape index (κ3) is 4.56. The summed E-state index contributed by atoms with van der Waals surface area (Å²) in [5.41, 5.74) is 0.490. The number of nitrogens with zero attached hydrogens (tertiary/aromatic N) is 4. The van der Waals surface area contributed by atoms with Crippen LogP contribution in [0.25, 0.3) is 16.7 Å². The maximum Gasteiger partial charge on any atom is 0.341 e. The highest BCUT2D eigenvalue weighted by Gasteiger charge is 2.21. The quantitative estimate of drug-likeness (QED) is 0.297. The number of carbonyl (C=O) groups excluding carboxylic acids is 2. The smallest absolute Gasteiger partial charge is 0.341 e. The molecule has 0 aliphatic heterocycles. The van der Waals surface area contributed by atoms with Crippen molar-refractivity contribution in [2.45, 2.75) is 13.5 Å². The molecule has 35 heavy (non-hydrogen) atoms. The normalized spacial score (nSPS) is 11.7. The van der Waals surface area contributed by atoms with E-state index in [1.54, 1.807) is 55.6 Å². The highest BCUT2D eigenvalue weighted by Crippen LogP contribution is 2.18. The average Bonchev–Trinajstić information content (AvgIpc) is 2.88. The van der Waals surface area contributed by atoms with Gasteiger partial charge in [0, 0.05) is 19.9 Å². The van der Waals surface area contributed by atoms with E-state index in [0.717, 1.165) is 0 Å². The van der Waals surface area contributed by atoms with Crippen LogP contribution in [0.15, 0.2) is 64.5 Å². The summed E-state index contributed by atoms with van der Waals surface area (Å²) in [4.78, 5) is 48.4. The van der Waals surface area contributed by atoms with E-state index in [1.165, 1.54) is 29.3 Å². The Hall–Kier alpha value is -4.31. The van der Waals surface area contributed by atoms with Crippen molar-refractivity contribution in [2.75, 3.05) is 27.4 Å². The fourth-order valence-electron chi connectivity index (χ4n) is 3.73. The second kappa shape index (κ2) is 10.3. The van der Waals surface area contributed by atoms with Gasteiger partial charge in [-0.15, -0.1) is 0 Å². The number of esters is 1. The Bertz CT molecular complexity index is 1550. The number of para-hydroxylation sites is 1. The van der Waals surface area contributed by atoms with Crippen molar-refractivity contribution in [3.05, 3.63) is 81.7 Å². The van der Waals surface area contributed by atoms with Crippen LogP contribution >= 0.6 is 0 Å². The Labute approximate surface area is 200 Å². The Morgan fingerprint density at radius 1 is 1.06 bits per heavy atom. The van der Waals surface area contributed by atoms with Gasteiger partial charge in [0.25, 0.3) is 11.5 Å². The minimum Gasteiger partial charge on any atom is -0.496 e. The van der Waals surface area contributed by atoms with E-state index in [1.807, 2.05) is 0 Å². The number of pyridine rings is 2. The second-order valence-electron chi connectivity index (χ2n) is 7.45. The number of aromatic nitrogens is 3. The number of hydrogen-bond acceptors (Lipinski definition) is 7.